The van der Waals surface area contributed by atoms with E-state index in [9.17, 15) is 4.79 Å². The van der Waals surface area contributed by atoms with E-state index in [1.165, 1.54) is 11.8 Å². The van der Waals surface area contributed by atoms with Gasteiger partial charge in [0.25, 0.3) is 0 Å². The number of anilines is 1. The molecule has 3 rings (SSSR count). The Morgan fingerprint density at radius 3 is 2.85 bits per heavy atom. The van der Waals surface area contributed by atoms with Crippen molar-refractivity contribution in [3.8, 4) is 5.75 Å². The number of ether oxygens (including phenoxy) is 1. The maximum absolute atomic E-state index is 12.1. The van der Waals surface area contributed by atoms with Gasteiger partial charge in [-0.15, -0.1) is 5.10 Å². The van der Waals surface area contributed by atoms with E-state index in [1.807, 2.05) is 44.2 Å². The van der Waals surface area contributed by atoms with Gasteiger partial charge in [0.15, 0.2) is 5.82 Å². The van der Waals surface area contributed by atoms with Crippen molar-refractivity contribution < 1.29 is 9.53 Å². The predicted molar refractivity (Wildman–Crippen MR) is 107 cm³/mol. The third kappa shape index (κ3) is 5.48. The molecule has 1 amide bonds. The predicted octanol–water partition coefficient (Wildman–Crippen LogP) is 4.38. The van der Waals surface area contributed by atoms with Gasteiger partial charge in [0, 0.05) is 0 Å². The fourth-order valence-corrected chi connectivity index (χ4v) is 3.21. The Morgan fingerprint density at radius 1 is 1.26 bits per heavy atom. The maximum atomic E-state index is 12.1. The molecule has 0 atom stereocenters. The minimum Gasteiger partial charge on any atom is -0.485 e. The summed E-state index contributed by atoms with van der Waals surface area (Å²) in [5.41, 5.74) is 2.68. The van der Waals surface area contributed by atoms with Crippen molar-refractivity contribution in [1.29, 1.82) is 0 Å². The quantitative estimate of drug-likeness (QED) is 0.573. The highest BCUT2D eigenvalue weighted by Crippen LogP contribution is 2.23. The normalized spacial score (nSPS) is 10.6. The molecule has 1 aromatic heterocycles. The molecule has 6 nitrogen and oxygen atoms in total. The lowest BCUT2D eigenvalue weighted by Crippen LogP contribution is -2.14. The van der Waals surface area contributed by atoms with Crippen LogP contribution in [0.5, 0.6) is 5.75 Å². The van der Waals surface area contributed by atoms with E-state index >= 15 is 0 Å². The lowest BCUT2D eigenvalue weighted by molar-refractivity contribution is -0.113. The Labute approximate surface area is 166 Å². The van der Waals surface area contributed by atoms with Gasteiger partial charge in [-0.2, -0.15) is 0 Å². The van der Waals surface area contributed by atoms with Crippen molar-refractivity contribution in [1.82, 2.24) is 15.2 Å². The molecule has 0 spiro atoms. The van der Waals surface area contributed by atoms with Crippen LogP contribution in [0.1, 0.15) is 17.0 Å². The number of carbonyl (C=O) groups excluding carboxylic acids is 1. The molecule has 0 aliphatic heterocycles. The van der Waals surface area contributed by atoms with E-state index < -0.39 is 0 Å². The fraction of sp³-hybridized carbons (Fsp3) is 0.211. The summed E-state index contributed by atoms with van der Waals surface area (Å²) in [7, 11) is 0. The molecular formula is C19H19ClN4O2S. The highest BCUT2D eigenvalue weighted by Gasteiger charge is 2.10. The van der Waals surface area contributed by atoms with Crippen LogP contribution in [0.25, 0.3) is 0 Å². The van der Waals surface area contributed by atoms with Crippen LogP contribution in [0.15, 0.2) is 47.6 Å². The molecule has 140 valence electrons. The molecule has 0 unspecified atom stereocenters. The first kappa shape index (κ1) is 19.3. The average molecular weight is 403 g/mol. The number of para-hydroxylation sites is 1. The zero-order valence-corrected chi connectivity index (χ0v) is 16.5. The molecule has 0 fully saturated rings. The van der Waals surface area contributed by atoms with Crippen LogP contribution >= 0.6 is 23.4 Å². The Kier molecular flexibility index (Phi) is 6.36. The second kappa shape index (κ2) is 8.92. The Morgan fingerprint density at radius 2 is 2.07 bits per heavy atom. The first-order valence-electron chi connectivity index (χ1n) is 8.30. The lowest BCUT2D eigenvalue weighted by atomic mass is 10.2. The first-order chi connectivity index (χ1) is 13.0. The van der Waals surface area contributed by atoms with Gasteiger partial charge in [-0.25, -0.2) is 4.98 Å². The topological polar surface area (TPSA) is 79.9 Å². The van der Waals surface area contributed by atoms with Gasteiger partial charge in [0.05, 0.1) is 16.5 Å². The molecular weight excluding hydrogens is 384 g/mol. The molecule has 0 bridgehead atoms. The van der Waals surface area contributed by atoms with Gasteiger partial charge in [0.1, 0.15) is 12.4 Å². The third-order valence-corrected chi connectivity index (χ3v) is 4.86. The molecule has 3 aromatic rings. The van der Waals surface area contributed by atoms with Gasteiger partial charge in [-0.1, -0.05) is 47.6 Å². The van der Waals surface area contributed by atoms with Gasteiger partial charge in [-0.3, -0.25) is 9.89 Å². The summed E-state index contributed by atoms with van der Waals surface area (Å²) in [6.07, 6.45) is 0. The number of nitrogens with zero attached hydrogens (tertiary/aromatic N) is 2. The van der Waals surface area contributed by atoms with Gasteiger partial charge >= 0.3 is 0 Å². The molecule has 1 heterocycles. The molecule has 2 aromatic carbocycles. The van der Waals surface area contributed by atoms with Crippen molar-refractivity contribution in [3.63, 3.8) is 0 Å². The number of benzene rings is 2. The summed E-state index contributed by atoms with van der Waals surface area (Å²) in [5, 5.41) is 10.7. The number of aryl methyl sites for hydroxylation is 2. The van der Waals surface area contributed by atoms with Crippen LogP contribution in [0.4, 0.5) is 5.69 Å². The number of nitrogens with one attached hydrogen (secondary N) is 2. The monoisotopic (exact) mass is 402 g/mol. The number of H-pyrrole nitrogens is 1. The smallest absolute Gasteiger partial charge is 0.234 e. The second-order valence-corrected chi connectivity index (χ2v) is 7.29. The molecule has 8 heteroatoms. The number of aromatic amines is 1. The fourth-order valence-electron chi connectivity index (χ4n) is 2.31. The summed E-state index contributed by atoms with van der Waals surface area (Å²) in [5.74, 6) is 1.41. The standard InChI is InChI=1S/C19H19ClN4O2S/c1-12-7-8-15(14(20)9-12)21-18(25)11-27-19-22-17(23-24-19)10-26-16-6-4-3-5-13(16)2/h3-9H,10-11H2,1-2H3,(H,21,25)(H,22,23,24). The average Bonchev–Trinajstić information content (AvgIpc) is 3.10. The molecule has 0 aliphatic rings. The van der Waals surface area contributed by atoms with Crippen LogP contribution in [0, 0.1) is 13.8 Å². The van der Waals surface area contributed by atoms with Crippen LogP contribution in [-0.2, 0) is 11.4 Å². The van der Waals surface area contributed by atoms with Gasteiger partial charge in [-0.05, 0) is 43.2 Å². The molecule has 2 N–H and O–H groups in total. The van der Waals surface area contributed by atoms with Crippen molar-refractivity contribution in [2.45, 2.75) is 25.6 Å². The maximum Gasteiger partial charge on any atom is 0.234 e. The number of hydrogen-bond acceptors (Lipinski definition) is 5. The number of thioether (sulfide) groups is 1. The molecule has 0 radical (unpaired) electrons. The van der Waals surface area contributed by atoms with E-state index in [1.54, 1.807) is 12.1 Å². The Balaban J connectivity index is 1.49. The SMILES string of the molecule is Cc1ccc(NC(=O)CSc2n[nH]c(COc3ccccc3C)n2)c(Cl)c1. The van der Waals surface area contributed by atoms with Crippen molar-refractivity contribution >= 4 is 35.0 Å². The number of rotatable bonds is 7. The molecule has 0 aliphatic carbocycles. The summed E-state index contributed by atoms with van der Waals surface area (Å²) < 4.78 is 5.73. The minimum absolute atomic E-state index is 0.173. The number of hydrogen-bond donors (Lipinski definition) is 2. The van der Waals surface area contributed by atoms with Crippen molar-refractivity contribution in [2.75, 3.05) is 11.1 Å². The number of aromatic nitrogens is 3. The van der Waals surface area contributed by atoms with Crippen molar-refractivity contribution in [2.24, 2.45) is 0 Å². The lowest BCUT2D eigenvalue weighted by Gasteiger charge is -2.07. The van der Waals surface area contributed by atoms with E-state index in [0.717, 1.165) is 16.9 Å². The van der Waals surface area contributed by atoms with E-state index in [4.69, 9.17) is 16.3 Å². The van der Waals surface area contributed by atoms with Crippen LogP contribution in [-0.4, -0.2) is 26.8 Å². The van der Waals surface area contributed by atoms with Crippen LogP contribution in [0.3, 0.4) is 0 Å². The molecule has 0 saturated carbocycles. The second-order valence-electron chi connectivity index (χ2n) is 5.94. The number of carbonyl (C=O) groups is 1. The summed E-state index contributed by atoms with van der Waals surface area (Å²) in [6.45, 7) is 4.20. The van der Waals surface area contributed by atoms with E-state index in [0.29, 0.717) is 21.7 Å². The number of amides is 1. The zero-order valence-electron chi connectivity index (χ0n) is 15.0. The summed E-state index contributed by atoms with van der Waals surface area (Å²) in [6, 6.07) is 13.2. The minimum atomic E-state index is -0.173. The van der Waals surface area contributed by atoms with Gasteiger partial charge in [0.2, 0.25) is 11.1 Å². The van der Waals surface area contributed by atoms with E-state index in [2.05, 4.69) is 20.5 Å². The van der Waals surface area contributed by atoms with Crippen LogP contribution in [0.2, 0.25) is 5.02 Å². The zero-order chi connectivity index (χ0) is 19.2. The molecule has 0 saturated heterocycles. The van der Waals surface area contributed by atoms with Crippen LogP contribution < -0.4 is 10.1 Å². The Bertz CT molecular complexity index is 945. The number of halogens is 1. The van der Waals surface area contributed by atoms with Crippen molar-refractivity contribution in [3.05, 3.63) is 64.4 Å². The molecule has 27 heavy (non-hydrogen) atoms. The first-order valence-corrected chi connectivity index (χ1v) is 9.66. The highest BCUT2D eigenvalue weighted by molar-refractivity contribution is 7.99. The highest BCUT2D eigenvalue weighted by atomic mass is 35.5. The summed E-state index contributed by atoms with van der Waals surface area (Å²) >= 11 is 7.36. The Hall–Kier alpha value is -2.51. The van der Waals surface area contributed by atoms with E-state index in [-0.39, 0.29) is 18.3 Å². The third-order valence-electron chi connectivity index (χ3n) is 3.70. The van der Waals surface area contributed by atoms with Gasteiger partial charge < -0.3 is 10.1 Å². The summed E-state index contributed by atoms with van der Waals surface area (Å²) in [4.78, 5) is 16.4. The largest absolute Gasteiger partial charge is 0.485 e.